The fourth-order valence-electron chi connectivity index (χ4n) is 4.12. The molecule has 3 nitrogen and oxygen atoms in total. The summed E-state index contributed by atoms with van der Waals surface area (Å²) in [7, 11) is 0. The standard InChI is InChI=1S/C26H30O3/c1-17(14-24(28)29)6-7-18-8-11-23(27)20(15-18)19-9-10-21-22(16-19)26(4,5)13-12-25(21,2)3/h6-11,14-16,27H,12-13H2,1-5H3,(H,28,29)/b7-6+,17-14+. The van der Waals surface area contributed by atoms with Crippen LogP contribution in [-0.2, 0) is 15.6 Å². The van der Waals surface area contributed by atoms with Crippen LogP contribution in [0.15, 0.2) is 54.1 Å². The van der Waals surface area contributed by atoms with Gasteiger partial charge in [-0.15, -0.1) is 0 Å². The number of hydrogen-bond acceptors (Lipinski definition) is 2. The average molecular weight is 391 g/mol. The number of rotatable bonds is 4. The first kappa shape index (κ1) is 20.9. The van der Waals surface area contributed by atoms with Gasteiger partial charge in [0.2, 0.25) is 0 Å². The zero-order valence-electron chi connectivity index (χ0n) is 17.9. The molecule has 0 fully saturated rings. The number of phenols is 1. The molecule has 1 aliphatic rings. The highest BCUT2D eigenvalue weighted by atomic mass is 16.4. The van der Waals surface area contributed by atoms with Gasteiger partial charge >= 0.3 is 5.97 Å². The van der Waals surface area contributed by atoms with Crippen molar-refractivity contribution in [2.24, 2.45) is 0 Å². The molecule has 2 aromatic carbocycles. The van der Waals surface area contributed by atoms with Crippen LogP contribution in [0.25, 0.3) is 17.2 Å². The van der Waals surface area contributed by atoms with E-state index in [1.54, 1.807) is 19.1 Å². The van der Waals surface area contributed by atoms with Crippen LogP contribution in [0.1, 0.15) is 64.2 Å². The first-order valence-electron chi connectivity index (χ1n) is 10.1. The molecule has 3 rings (SSSR count). The Hall–Kier alpha value is -2.81. The maximum atomic E-state index is 10.8. The van der Waals surface area contributed by atoms with Gasteiger partial charge in [-0.05, 0) is 70.6 Å². The summed E-state index contributed by atoms with van der Waals surface area (Å²) in [5, 5.41) is 19.4. The molecular weight excluding hydrogens is 360 g/mol. The van der Waals surface area contributed by atoms with Crippen molar-refractivity contribution in [2.45, 2.75) is 58.3 Å². The van der Waals surface area contributed by atoms with Gasteiger partial charge in [0, 0.05) is 11.6 Å². The van der Waals surface area contributed by atoms with Crippen molar-refractivity contribution in [1.82, 2.24) is 0 Å². The molecule has 0 aromatic heterocycles. The molecule has 3 heteroatoms. The predicted octanol–water partition coefficient (Wildman–Crippen LogP) is 6.45. The Balaban J connectivity index is 2.04. The maximum absolute atomic E-state index is 10.8. The van der Waals surface area contributed by atoms with E-state index < -0.39 is 5.97 Å². The van der Waals surface area contributed by atoms with E-state index in [1.807, 2.05) is 18.2 Å². The highest BCUT2D eigenvalue weighted by Gasteiger charge is 2.37. The van der Waals surface area contributed by atoms with E-state index in [9.17, 15) is 9.90 Å². The molecule has 0 bridgehead atoms. The third kappa shape index (κ3) is 4.45. The number of carboxylic acid groups (broad SMARTS) is 1. The van der Waals surface area contributed by atoms with Gasteiger partial charge in [0.1, 0.15) is 5.75 Å². The number of carboxylic acids is 1. The minimum absolute atomic E-state index is 0.104. The number of hydrogen-bond donors (Lipinski definition) is 2. The molecule has 152 valence electrons. The SMILES string of the molecule is CC(/C=C/c1ccc(O)c(-c2ccc3c(c2)C(C)(C)CCC3(C)C)c1)=C\C(=O)O. The Morgan fingerprint density at radius 3 is 2.28 bits per heavy atom. The van der Waals surface area contributed by atoms with Crippen molar-refractivity contribution in [2.75, 3.05) is 0 Å². The van der Waals surface area contributed by atoms with Crippen molar-refractivity contribution in [3.8, 4) is 16.9 Å². The van der Waals surface area contributed by atoms with Crippen LogP contribution in [0.4, 0.5) is 0 Å². The van der Waals surface area contributed by atoms with Crippen molar-refractivity contribution >= 4 is 12.0 Å². The first-order chi connectivity index (χ1) is 13.5. The zero-order valence-corrected chi connectivity index (χ0v) is 17.9. The van der Waals surface area contributed by atoms with Gasteiger partial charge in [-0.3, -0.25) is 0 Å². The summed E-state index contributed by atoms with van der Waals surface area (Å²) in [6, 6.07) is 12.0. The summed E-state index contributed by atoms with van der Waals surface area (Å²) in [6.45, 7) is 10.9. The summed E-state index contributed by atoms with van der Waals surface area (Å²) in [6.07, 6.45) is 7.11. The summed E-state index contributed by atoms with van der Waals surface area (Å²) < 4.78 is 0. The molecule has 0 unspecified atom stereocenters. The lowest BCUT2D eigenvalue weighted by molar-refractivity contribution is -0.131. The fraction of sp³-hybridized carbons (Fsp3) is 0.346. The van der Waals surface area contributed by atoms with Crippen LogP contribution in [0.3, 0.4) is 0 Å². The lowest BCUT2D eigenvalue weighted by atomic mass is 9.63. The van der Waals surface area contributed by atoms with E-state index >= 15 is 0 Å². The van der Waals surface area contributed by atoms with Gasteiger partial charge in [0.15, 0.2) is 0 Å². The van der Waals surface area contributed by atoms with Crippen LogP contribution in [-0.4, -0.2) is 16.2 Å². The summed E-state index contributed by atoms with van der Waals surface area (Å²) in [5.41, 5.74) is 6.36. The molecule has 2 aromatic rings. The smallest absolute Gasteiger partial charge is 0.328 e. The van der Waals surface area contributed by atoms with E-state index in [4.69, 9.17) is 5.11 Å². The lowest BCUT2D eigenvalue weighted by Crippen LogP contribution is -2.33. The van der Waals surface area contributed by atoms with Gasteiger partial charge < -0.3 is 10.2 Å². The number of phenolic OH excluding ortho intramolecular Hbond substituents is 1. The number of aromatic hydroxyl groups is 1. The largest absolute Gasteiger partial charge is 0.507 e. The number of aliphatic carboxylic acids is 1. The van der Waals surface area contributed by atoms with E-state index in [0.717, 1.165) is 23.1 Å². The molecule has 0 heterocycles. The minimum atomic E-state index is -0.960. The zero-order chi connectivity index (χ0) is 21.4. The Morgan fingerprint density at radius 2 is 1.62 bits per heavy atom. The fourth-order valence-corrected chi connectivity index (χ4v) is 4.12. The molecule has 0 saturated heterocycles. The second kappa shape index (κ2) is 7.55. The Morgan fingerprint density at radius 1 is 0.966 bits per heavy atom. The predicted molar refractivity (Wildman–Crippen MR) is 119 cm³/mol. The summed E-state index contributed by atoms with van der Waals surface area (Å²) >= 11 is 0. The molecule has 29 heavy (non-hydrogen) atoms. The van der Waals surface area contributed by atoms with Crippen LogP contribution in [0, 0.1) is 0 Å². The number of allylic oxidation sites excluding steroid dienone is 2. The molecule has 2 N–H and O–H groups in total. The highest BCUT2D eigenvalue weighted by Crippen LogP contribution is 2.47. The van der Waals surface area contributed by atoms with Gasteiger partial charge in [-0.1, -0.05) is 64.1 Å². The van der Waals surface area contributed by atoms with E-state index in [0.29, 0.717) is 5.57 Å². The Labute approximate surface area is 173 Å². The molecule has 0 saturated carbocycles. The Kier molecular flexibility index (Phi) is 5.44. The maximum Gasteiger partial charge on any atom is 0.328 e. The number of carbonyl (C=O) groups is 1. The second-order valence-electron chi connectivity index (χ2n) is 9.36. The average Bonchev–Trinajstić information content (AvgIpc) is 2.64. The van der Waals surface area contributed by atoms with Crippen molar-refractivity contribution < 1.29 is 15.0 Å². The molecule has 1 aliphatic carbocycles. The summed E-state index contributed by atoms with van der Waals surface area (Å²) in [4.78, 5) is 10.8. The second-order valence-corrected chi connectivity index (χ2v) is 9.36. The van der Waals surface area contributed by atoms with E-state index in [-0.39, 0.29) is 16.6 Å². The molecule has 0 atom stereocenters. The quantitative estimate of drug-likeness (QED) is 0.466. The van der Waals surface area contributed by atoms with Crippen LogP contribution in [0.2, 0.25) is 0 Å². The molecule has 0 amide bonds. The van der Waals surface area contributed by atoms with Gasteiger partial charge in [-0.2, -0.15) is 0 Å². The number of benzene rings is 2. The van der Waals surface area contributed by atoms with Crippen LogP contribution in [0.5, 0.6) is 5.75 Å². The van der Waals surface area contributed by atoms with Crippen LogP contribution >= 0.6 is 0 Å². The number of fused-ring (bicyclic) bond motifs is 1. The van der Waals surface area contributed by atoms with Gasteiger partial charge in [0.25, 0.3) is 0 Å². The highest BCUT2D eigenvalue weighted by molar-refractivity contribution is 5.81. The van der Waals surface area contributed by atoms with Crippen molar-refractivity contribution in [3.05, 3.63) is 70.8 Å². The van der Waals surface area contributed by atoms with E-state index in [1.165, 1.54) is 23.6 Å². The monoisotopic (exact) mass is 390 g/mol. The Bertz CT molecular complexity index is 1010. The third-order valence-corrected chi connectivity index (χ3v) is 6.07. The minimum Gasteiger partial charge on any atom is -0.507 e. The molecule has 0 aliphatic heterocycles. The summed E-state index contributed by atoms with van der Waals surface area (Å²) in [5.74, 6) is -0.717. The van der Waals surface area contributed by atoms with Crippen molar-refractivity contribution in [3.63, 3.8) is 0 Å². The lowest BCUT2D eigenvalue weighted by Gasteiger charge is -2.42. The molecular formula is C26H30O3. The van der Waals surface area contributed by atoms with E-state index in [2.05, 4.69) is 45.9 Å². The van der Waals surface area contributed by atoms with Gasteiger partial charge in [-0.25, -0.2) is 4.79 Å². The van der Waals surface area contributed by atoms with Gasteiger partial charge in [0.05, 0.1) is 0 Å². The molecule has 0 spiro atoms. The van der Waals surface area contributed by atoms with Crippen molar-refractivity contribution in [1.29, 1.82) is 0 Å². The molecule has 0 radical (unpaired) electrons. The topological polar surface area (TPSA) is 57.5 Å². The van der Waals surface area contributed by atoms with Crippen LogP contribution < -0.4 is 0 Å². The normalized spacial score (nSPS) is 17.9. The first-order valence-corrected chi connectivity index (χ1v) is 10.1. The third-order valence-electron chi connectivity index (χ3n) is 6.07.